The van der Waals surface area contributed by atoms with Gasteiger partial charge in [0.2, 0.25) is 0 Å². The molecule has 0 amide bonds. The predicted molar refractivity (Wildman–Crippen MR) is 125 cm³/mol. The Morgan fingerprint density at radius 1 is 1.17 bits per heavy atom. The predicted octanol–water partition coefficient (Wildman–Crippen LogP) is 1.50. The Bertz CT molecular complexity index is 1580. The second kappa shape index (κ2) is 8.98. The zero-order chi connectivity index (χ0) is 24.4. The molecule has 0 aliphatic carbocycles. The molecule has 4 aromatic heterocycles. The first-order valence-corrected chi connectivity index (χ1v) is 12.0. The molecule has 0 saturated heterocycles. The van der Waals surface area contributed by atoms with Crippen molar-refractivity contribution in [2.24, 2.45) is 0 Å². The van der Waals surface area contributed by atoms with Crippen LogP contribution >= 0.6 is 0 Å². The van der Waals surface area contributed by atoms with Gasteiger partial charge >= 0.3 is 0 Å². The molecule has 5 aromatic rings. The van der Waals surface area contributed by atoms with E-state index in [0.29, 0.717) is 33.6 Å². The first-order chi connectivity index (χ1) is 16.9. The van der Waals surface area contributed by atoms with Crippen LogP contribution in [0.5, 0.6) is 0 Å². The molecule has 2 N–H and O–H groups in total. The summed E-state index contributed by atoms with van der Waals surface area (Å²) in [6.45, 7) is 2.43. The van der Waals surface area contributed by atoms with Crippen molar-refractivity contribution >= 4 is 33.0 Å². The molecule has 0 spiro atoms. The van der Waals surface area contributed by atoms with E-state index in [1.807, 2.05) is 13.0 Å². The molecular formula is C21H20N10O3S. The van der Waals surface area contributed by atoms with Gasteiger partial charge in [0.15, 0.2) is 24.4 Å². The third-order valence-electron chi connectivity index (χ3n) is 5.24. The van der Waals surface area contributed by atoms with Crippen LogP contribution in [0.25, 0.3) is 5.65 Å². The van der Waals surface area contributed by atoms with Gasteiger partial charge in [-0.1, -0.05) is 6.92 Å². The van der Waals surface area contributed by atoms with Gasteiger partial charge in [0, 0.05) is 35.5 Å². The van der Waals surface area contributed by atoms with Gasteiger partial charge in [0.05, 0.1) is 11.1 Å². The molecule has 0 unspecified atom stereocenters. The highest BCUT2D eigenvalue weighted by Crippen LogP contribution is 2.24. The molecule has 0 bridgehead atoms. The van der Waals surface area contributed by atoms with Crippen molar-refractivity contribution in [3.8, 4) is 0 Å². The molecule has 0 atom stereocenters. The molecule has 0 saturated carbocycles. The maximum absolute atomic E-state index is 12.6. The van der Waals surface area contributed by atoms with Crippen LogP contribution in [0.15, 0.2) is 72.3 Å². The molecular weight excluding hydrogens is 472 g/mol. The Morgan fingerprint density at radius 3 is 2.71 bits per heavy atom. The van der Waals surface area contributed by atoms with Crippen molar-refractivity contribution < 1.29 is 13.1 Å². The van der Waals surface area contributed by atoms with Crippen LogP contribution < -0.4 is 15.4 Å². The highest BCUT2D eigenvalue weighted by atomic mass is 32.2. The standard InChI is InChI=1S/C21H20N10O3S/c1-2-16-12-24-31-20(22-11-15-4-3-9-29(32)13-15)10-19(26-21(16)31)25-17-5-7-18(8-6-17)35(33,34)30-14-23-27-28-30/h3-10,12-14,22H,2,11H2,1H3,(H,25,26). The number of fused-ring (bicyclic) bond motifs is 1. The summed E-state index contributed by atoms with van der Waals surface area (Å²) in [5.41, 5.74) is 3.10. The lowest BCUT2D eigenvalue weighted by atomic mass is 10.2. The van der Waals surface area contributed by atoms with Crippen molar-refractivity contribution in [1.82, 2.24) is 34.2 Å². The SMILES string of the molecule is CCc1cnn2c(NCc3ccc[n+]([O-])c3)cc(Nc3ccc(S(=O)(=O)n4cnnn4)cc3)nc12. The number of hydrogen-bond donors (Lipinski definition) is 2. The van der Waals surface area contributed by atoms with Gasteiger partial charge in [0.25, 0.3) is 10.0 Å². The fraction of sp³-hybridized carbons (Fsp3) is 0.143. The quantitative estimate of drug-likeness (QED) is 0.240. The molecule has 0 radical (unpaired) electrons. The molecule has 1 aromatic carbocycles. The summed E-state index contributed by atoms with van der Waals surface area (Å²) in [6, 6.07) is 11.5. The van der Waals surface area contributed by atoms with Crippen molar-refractivity contribution in [2.75, 3.05) is 10.6 Å². The smallest absolute Gasteiger partial charge is 0.285 e. The average Bonchev–Trinajstić information content (AvgIpc) is 3.54. The number of pyridine rings is 1. The number of anilines is 3. The number of tetrazole rings is 1. The van der Waals surface area contributed by atoms with E-state index in [2.05, 4.69) is 36.2 Å². The van der Waals surface area contributed by atoms with Crippen LogP contribution in [0.2, 0.25) is 0 Å². The number of hydrogen-bond acceptors (Lipinski definition) is 10. The Morgan fingerprint density at radius 2 is 2.00 bits per heavy atom. The van der Waals surface area contributed by atoms with Crippen molar-refractivity contribution in [1.29, 1.82) is 0 Å². The summed E-state index contributed by atoms with van der Waals surface area (Å²) < 4.78 is 28.3. The zero-order valence-corrected chi connectivity index (χ0v) is 19.3. The molecule has 0 aliphatic rings. The molecule has 5 rings (SSSR count). The topological polar surface area (TPSA) is 159 Å². The maximum atomic E-state index is 12.6. The minimum Gasteiger partial charge on any atom is -0.619 e. The lowest BCUT2D eigenvalue weighted by Crippen LogP contribution is -2.25. The van der Waals surface area contributed by atoms with E-state index in [1.54, 1.807) is 35.0 Å². The third-order valence-corrected chi connectivity index (χ3v) is 6.76. The summed E-state index contributed by atoms with van der Waals surface area (Å²) in [6.07, 6.45) is 6.46. The minimum absolute atomic E-state index is 0.0450. The van der Waals surface area contributed by atoms with Crippen LogP contribution in [0.3, 0.4) is 0 Å². The number of nitrogens with zero attached hydrogens (tertiary/aromatic N) is 8. The van der Waals surface area contributed by atoms with Crippen molar-refractivity contribution in [2.45, 2.75) is 24.8 Å². The normalized spacial score (nSPS) is 11.6. The number of aryl methyl sites for hydroxylation is 1. The van der Waals surface area contributed by atoms with Crippen LogP contribution in [-0.4, -0.2) is 42.6 Å². The summed E-state index contributed by atoms with van der Waals surface area (Å²) >= 11 is 0. The summed E-state index contributed by atoms with van der Waals surface area (Å²) in [7, 11) is -3.87. The molecule has 35 heavy (non-hydrogen) atoms. The highest BCUT2D eigenvalue weighted by Gasteiger charge is 2.18. The highest BCUT2D eigenvalue weighted by molar-refractivity contribution is 7.89. The lowest BCUT2D eigenvalue weighted by Gasteiger charge is -2.12. The largest absolute Gasteiger partial charge is 0.619 e. The summed E-state index contributed by atoms with van der Waals surface area (Å²) in [5.74, 6) is 1.22. The van der Waals surface area contributed by atoms with E-state index in [4.69, 9.17) is 0 Å². The molecule has 0 fully saturated rings. The van der Waals surface area contributed by atoms with Gasteiger partial charge in [-0.3, -0.25) is 0 Å². The Balaban J connectivity index is 1.43. The number of nitrogens with one attached hydrogen (secondary N) is 2. The Hall–Kier alpha value is -4.59. The van der Waals surface area contributed by atoms with Crippen LogP contribution in [0, 0.1) is 5.21 Å². The van der Waals surface area contributed by atoms with Gasteiger partial charge in [0.1, 0.15) is 11.6 Å². The van der Waals surface area contributed by atoms with E-state index in [0.717, 1.165) is 28.6 Å². The second-order valence-electron chi connectivity index (χ2n) is 7.55. The molecule has 13 nitrogen and oxygen atoms in total. The van der Waals surface area contributed by atoms with E-state index >= 15 is 0 Å². The molecule has 4 heterocycles. The maximum Gasteiger partial charge on any atom is 0.285 e. The van der Waals surface area contributed by atoms with E-state index in [9.17, 15) is 13.6 Å². The van der Waals surface area contributed by atoms with Gasteiger partial charge < -0.3 is 15.8 Å². The summed E-state index contributed by atoms with van der Waals surface area (Å²) in [5, 5.41) is 32.7. The van der Waals surface area contributed by atoms with Gasteiger partial charge in [-0.05, 0) is 47.2 Å². The third kappa shape index (κ3) is 4.46. The van der Waals surface area contributed by atoms with Crippen LogP contribution in [0.4, 0.5) is 17.3 Å². The monoisotopic (exact) mass is 492 g/mol. The second-order valence-corrected chi connectivity index (χ2v) is 9.34. The Labute approximate surface area is 199 Å². The number of rotatable bonds is 8. The van der Waals surface area contributed by atoms with Gasteiger partial charge in [-0.25, -0.2) is 4.98 Å². The van der Waals surface area contributed by atoms with Gasteiger partial charge in [-0.15, -0.1) is 9.19 Å². The first-order valence-electron chi connectivity index (χ1n) is 10.6. The lowest BCUT2D eigenvalue weighted by molar-refractivity contribution is -0.605. The fourth-order valence-corrected chi connectivity index (χ4v) is 4.47. The van der Waals surface area contributed by atoms with Crippen molar-refractivity contribution in [3.05, 3.63) is 83.7 Å². The van der Waals surface area contributed by atoms with Crippen LogP contribution in [-0.2, 0) is 23.0 Å². The Kier molecular flexibility index (Phi) is 5.70. The molecule has 178 valence electrons. The summed E-state index contributed by atoms with van der Waals surface area (Å²) in [4.78, 5) is 4.73. The average molecular weight is 493 g/mol. The number of aromatic nitrogens is 8. The van der Waals surface area contributed by atoms with E-state index in [1.165, 1.54) is 24.5 Å². The zero-order valence-electron chi connectivity index (χ0n) is 18.5. The fourth-order valence-electron chi connectivity index (χ4n) is 3.47. The molecule has 14 heteroatoms. The van der Waals surface area contributed by atoms with Crippen molar-refractivity contribution in [3.63, 3.8) is 0 Å². The van der Waals surface area contributed by atoms with Crippen LogP contribution in [0.1, 0.15) is 18.1 Å². The van der Waals surface area contributed by atoms with E-state index < -0.39 is 10.0 Å². The first kappa shape index (κ1) is 22.2. The minimum atomic E-state index is -3.87. The number of benzene rings is 1. The molecule has 0 aliphatic heterocycles. The van der Waals surface area contributed by atoms with E-state index in [-0.39, 0.29) is 4.90 Å². The van der Waals surface area contributed by atoms with Gasteiger partial charge in [-0.2, -0.15) is 22.8 Å².